The number of anilines is 1. The smallest absolute Gasteiger partial charge is 0.242 e. The lowest BCUT2D eigenvalue weighted by Gasteiger charge is -2.12. The zero-order valence-corrected chi connectivity index (χ0v) is 15.3. The van der Waals surface area contributed by atoms with Crippen LogP contribution in [0.25, 0.3) is 11.3 Å². The van der Waals surface area contributed by atoms with Gasteiger partial charge in [0.25, 0.3) is 0 Å². The van der Waals surface area contributed by atoms with Gasteiger partial charge in [-0.1, -0.05) is 48.0 Å². The maximum absolute atomic E-state index is 12.5. The number of aromatic nitrogens is 2. The second-order valence-electron chi connectivity index (χ2n) is 6.83. The fourth-order valence-corrected chi connectivity index (χ4v) is 3.36. The molecular formula is C22H22N4O. The maximum Gasteiger partial charge on any atom is 0.242 e. The maximum atomic E-state index is 12.5. The molecule has 0 spiro atoms. The topological polar surface area (TPSA) is 66.9 Å². The molecule has 1 aliphatic rings. The molecule has 0 aliphatic carbocycles. The standard InChI is InChI=1S/C22H22N4O/c1-15-7-8-18-17(13-15)14-20(25-18)22(27)24-12-10-21-23-11-9-19(26-21)16-5-3-2-4-6-16/h2-9,11,13,20,25H,10,12,14H2,1H3,(H,24,27)/t20-/m0/s1. The molecule has 136 valence electrons. The average molecular weight is 358 g/mol. The first-order chi connectivity index (χ1) is 13.2. The quantitative estimate of drug-likeness (QED) is 0.735. The number of fused-ring (bicyclic) bond motifs is 1. The summed E-state index contributed by atoms with van der Waals surface area (Å²) in [5.41, 5.74) is 5.43. The molecule has 5 heteroatoms. The van der Waals surface area contributed by atoms with Crippen molar-refractivity contribution < 1.29 is 4.79 Å². The first-order valence-corrected chi connectivity index (χ1v) is 9.20. The van der Waals surface area contributed by atoms with Crippen LogP contribution in [-0.4, -0.2) is 28.5 Å². The van der Waals surface area contributed by atoms with Gasteiger partial charge in [-0.2, -0.15) is 0 Å². The third-order valence-corrected chi connectivity index (χ3v) is 4.75. The molecule has 0 radical (unpaired) electrons. The lowest BCUT2D eigenvalue weighted by Crippen LogP contribution is -2.39. The first-order valence-electron chi connectivity index (χ1n) is 9.20. The Hall–Kier alpha value is -3.21. The summed E-state index contributed by atoms with van der Waals surface area (Å²) in [6.07, 6.45) is 3.10. The van der Waals surface area contributed by atoms with Crippen molar-refractivity contribution in [2.45, 2.75) is 25.8 Å². The SMILES string of the molecule is Cc1ccc2c(c1)C[C@@H](C(=O)NCCc1nccc(-c3ccccc3)n1)N2. The molecule has 27 heavy (non-hydrogen) atoms. The Morgan fingerprint density at radius 1 is 1.19 bits per heavy atom. The Balaban J connectivity index is 1.32. The van der Waals surface area contributed by atoms with Crippen molar-refractivity contribution in [3.8, 4) is 11.3 Å². The molecule has 2 heterocycles. The summed E-state index contributed by atoms with van der Waals surface area (Å²) < 4.78 is 0. The van der Waals surface area contributed by atoms with Crippen LogP contribution < -0.4 is 10.6 Å². The van der Waals surface area contributed by atoms with Gasteiger partial charge in [0, 0.05) is 36.8 Å². The second kappa shape index (κ2) is 7.58. The zero-order valence-electron chi connectivity index (χ0n) is 15.3. The monoisotopic (exact) mass is 358 g/mol. The van der Waals surface area contributed by atoms with Crippen molar-refractivity contribution in [2.24, 2.45) is 0 Å². The predicted molar refractivity (Wildman–Crippen MR) is 106 cm³/mol. The number of hydrogen-bond donors (Lipinski definition) is 2. The lowest BCUT2D eigenvalue weighted by molar-refractivity contribution is -0.121. The van der Waals surface area contributed by atoms with E-state index >= 15 is 0 Å². The van der Waals surface area contributed by atoms with E-state index in [4.69, 9.17) is 0 Å². The van der Waals surface area contributed by atoms with Crippen LogP contribution in [0, 0.1) is 6.92 Å². The molecule has 0 saturated heterocycles. The highest BCUT2D eigenvalue weighted by molar-refractivity contribution is 5.87. The minimum atomic E-state index is -0.210. The van der Waals surface area contributed by atoms with Gasteiger partial charge in [-0.25, -0.2) is 9.97 Å². The van der Waals surface area contributed by atoms with E-state index in [0.29, 0.717) is 13.0 Å². The van der Waals surface area contributed by atoms with Crippen LogP contribution in [0.5, 0.6) is 0 Å². The van der Waals surface area contributed by atoms with Crippen molar-refractivity contribution in [3.05, 3.63) is 77.7 Å². The van der Waals surface area contributed by atoms with Gasteiger partial charge in [-0.15, -0.1) is 0 Å². The van der Waals surface area contributed by atoms with Crippen LogP contribution in [0.3, 0.4) is 0 Å². The highest BCUT2D eigenvalue weighted by atomic mass is 16.2. The van der Waals surface area contributed by atoms with Crippen LogP contribution in [0.2, 0.25) is 0 Å². The third-order valence-electron chi connectivity index (χ3n) is 4.75. The number of carbonyl (C=O) groups is 1. The van der Waals surface area contributed by atoms with E-state index in [0.717, 1.165) is 29.2 Å². The predicted octanol–water partition coefficient (Wildman–Crippen LogP) is 3.15. The van der Waals surface area contributed by atoms with Crippen LogP contribution in [0.4, 0.5) is 5.69 Å². The molecule has 2 aromatic carbocycles. The van der Waals surface area contributed by atoms with Crippen LogP contribution in [-0.2, 0) is 17.6 Å². The molecule has 1 amide bonds. The van der Waals surface area contributed by atoms with Crippen LogP contribution >= 0.6 is 0 Å². The average Bonchev–Trinajstić information content (AvgIpc) is 3.12. The number of benzene rings is 2. The molecule has 5 nitrogen and oxygen atoms in total. The summed E-state index contributed by atoms with van der Waals surface area (Å²) in [5, 5.41) is 6.30. The summed E-state index contributed by atoms with van der Waals surface area (Å²) in [5.74, 6) is 0.748. The zero-order chi connectivity index (χ0) is 18.6. The highest BCUT2D eigenvalue weighted by Crippen LogP contribution is 2.26. The molecule has 0 unspecified atom stereocenters. The van der Waals surface area contributed by atoms with E-state index in [9.17, 15) is 4.79 Å². The summed E-state index contributed by atoms with van der Waals surface area (Å²) in [6.45, 7) is 2.59. The Labute approximate surface area is 158 Å². The van der Waals surface area contributed by atoms with E-state index < -0.39 is 0 Å². The largest absolute Gasteiger partial charge is 0.373 e. The molecule has 1 aromatic heterocycles. The van der Waals surface area contributed by atoms with Crippen molar-refractivity contribution in [1.82, 2.24) is 15.3 Å². The minimum Gasteiger partial charge on any atom is -0.373 e. The number of rotatable bonds is 5. The van der Waals surface area contributed by atoms with Gasteiger partial charge in [-0.05, 0) is 24.6 Å². The number of amides is 1. The molecule has 1 aliphatic heterocycles. The highest BCUT2D eigenvalue weighted by Gasteiger charge is 2.26. The number of nitrogens with zero attached hydrogens (tertiary/aromatic N) is 2. The number of nitrogens with one attached hydrogen (secondary N) is 2. The van der Waals surface area contributed by atoms with Crippen LogP contribution in [0.15, 0.2) is 60.8 Å². The summed E-state index contributed by atoms with van der Waals surface area (Å²) in [6, 6.07) is 18.0. The fraction of sp³-hybridized carbons (Fsp3) is 0.227. The lowest BCUT2D eigenvalue weighted by atomic mass is 10.1. The Morgan fingerprint density at radius 3 is 2.89 bits per heavy atom. The van der Waals surface area contributed by atoms with Gasteiger partial charge >= 0.3 is 0 Å². The molecule has 0 fully saturated rings. The van der Waals surface area contributed by atoms with Gasteiger partial charge in [0.05, 0.1) is 5.69 Å². The van der Waals surface area contributed by atoms with Gasteiger partial charge in [-0.3, -0.25) is 4.79 Å². The van der Waals surface area contributed by atoms with Crippen LogP contribution in [0.1, 0.15) is 17.0 Å². The first kappa shape index (κ1) is 17.2. The normalized spacial score (nSPS) is 15.1. The number of hydrogen-bond acceptors (Lipinski definition) is 4. The molecule has 0 saturated carbocycles. The van der Waals surface area contributed by atoms with Gasteiger partial charge in [0.15, 0.2) is 0 Å². The third kappa shape index (κ3) is 3.97. The molecule has 0 bridgehead atoms. The molecule has 3 aromatic rings. The van der Waals surface area contributed by atoms with Crippen molar-refractivity contribution in [3.63, 3.8) is 0 Å². The molecule has 4 rings (SSSR count). The Morgan fingerprint density at radius 2 is 2.04 bits per heavy atom. The van der Waals surface area contributed by atoms with E-state index in [1.54, 1.807) is 6.20 Å². The Bertz CT molecular complexity index is 956. The molecule has 1 atom stereocenters. The fourth-order valence-electron chi connectivity index (χ4n) is 3.36. The van der Waals surface area contributed by atoms with E-state index in [2.05, 4.69) is 39.7 Å². The number of aryl methyl sites for hydroxylation is 1. The van der Waals surface area contributed by atoms with Crippen molar-refractivity contribution in [1.29, 1.82) is 0 Å². The van der Waals surface area contributed by atoms with Crippen molar-refractivity contribution >= 4 is 11.6 Å². The summed E-state index contributed by atoms with van der Waals surface area (Å²) in [7, 11) is 0. The summed E-state index contributed by atoms with van der Waals surface area (Å²) >= 11 is 0. The van der Waals surface area contributed by atoms with E-state index in [1.165, 1.54) is 11.1 Å². The number of carbonyl (C=O) groups excluding carboxylic acids is 1. The van der Waals surface area contributed by atoms with Gasteiger partial charge in [0.2, 0.25) is 5.91 Å². The van der Waals surface area contributed by atoms with E-state index in [-0.39, 0.29) is 11.9 Å². The van der Waals surface area contributed by atoms with Gasteiger partial charge in [0.1, 0.15) is 11.9 Å². The summed E-state index contributed by atoms with van der Waals surface area (Å²) in [4.78, 5) is 21.4. The molecular weight excluding hydrogens is 336 g/mol. The van der Waals surface area contributed by atoms with E-state index in [1.807, 2.05) is 42.5 Å². The minimum absolute atomic E-state index is 0.0167. The Kier molecular flexibility index (Phi) is 4.83. The second-order valence-corrected chi connectivity index (χ2v) is 6.83. The van der Waals surface area contributed by atoms with Gasteiger partial charge < -0.3 is 10.6 Å². The molecule has 2 N–H and O–H groups in total. The van der Waals surface area contributed by atoms with Crippen molar-refractivity contribution in [2.75, 3.05) is 11.9 Å².